The van der Waals surface area contributed by atoms with Crippen LogP contribution >= 0.6 is 11.8 Å². The van der Waals surface area contributed by atoms with E-state index in [0.29, 0.717) is 23.0 Å². The van der Waals surface area contributed by atoms with Crippen LogP contribution in [0.4, 0.5) is 11.4 Å². The second kappa shape index (κ2) is 10.1. The molecule has 1 atom stereocenters. The molecule has 7 nitrogen and oxygen atoms in total. The number of aliphatic imine (C=N–C) groups is 1. The lowest BCUT2D eigenvalue weighted by atomic mass is 10.2. The minimum Gasteiger partial charge on any atom is -0.494 e. The van der Waals surface area contributed by atoms with Crippen LogP contribution in [0.5, 0.6) is 5.75 Å². The average molecular weight is 426 g/mol. The Hall–Kier alpha value is -3.13. The van der Waals surface area contributed by atoms with Gasteiger partial charge in [-0.05, 0) is 50.2 Å². The first-order chi connectivity index (χ1) is 14.4. The molecule has 0 saturated heterocycles. The van der Waals surface area contributed by atoms with E-state index in [4.69, 9.17) is 4.74 Å². The Labute approximate surface area is 179 Å². The molecule has 0 aromatic heterocycles. The van der Waals surface area contributed by atoms with Gasteiger partial charge in [0.25, 0.3) is 5.91 Å². The van der Waals surface area contributed by atoms with Crippen LogP contribution in [0.2, 0.25) is 0 Å². The summed E-state index contributed by atoms with van der Waals surface area (Å²) in [6.45, 7) is 4.43. The summed E-state index contributed by atoms with van der Waals surface area (Å²) in [4.78, 5) is 40.6. The van der Waals surface area contributed by atoms with Crippen molar-refractivity contribution >= 4 is 45.9 Å². The highest BCUT2D eigenvalue weighted by Gasteiger charge is 2.31. The van der Waals surface area contributed by atoms with Gasteiger partial charge < -0.3 is 15.4 Å². The zero-order valence-electron chi connectivity index (χ0n) is 16.8. The summed E-state index contributed by atoms with van der Waals surface area (Å²) >= 11 is 1.17. The molecule has 0 fully saturated rings. The molecule has 156 valence electrons. The number of ether oxygens (including phenoxy) is 1. The van der Waals surface area contributed by atoms with Crippen molar-refractivity contribution in [3.05, 3.63) is 54.1 Å². The summed E-state index contributed by atoms with van der Waals surface area (Å²) in [5.74, 6) is -0.207. The predicted octanol–water partition coefficient (Wildman–Crippen LogP) is 3.79. The molecule has 0 aliphatic carbocycles. The van der Waals surface area contributed by atoms with Gasteiger partial charge in [0.05, 0.1) is 18.1 Å². The minimum atomic E-state index is -0.616. The summed E-state index contributed by atoms with van der Waals surface area (Å²) < 4.78 is 5.37. The quantitative estimate of drug-likeness (QED) is 0.671. The number of nitrogens with zero attached hydrogens (tertiary/aromatic N) is 1. The maximum atomic E-state index is 12.3. The van der Waals surface area contributed by atoms with Crippen molar-refractivity contribution in [3.8, 4) is 5.75 Å². The Bertz CT molecular complexity index is 955. The largest absolute Gasteiger partial charge is 0.494 e. The lowest BCUT2D eigenvalue weighted by Crippen LogP contribution is -2.21. The fraction of sp³-hybridized carbons (Fsp3) is 0.273. The smallest absolute Gasteiger partial charge is 0.260 e. The summed E-state index contributed by atoms with van der Waals surface area (Å²) in [7, 11) is 0. The van der Waals surface area contributed by atoms with E-state index in [1.165, 1.54) is 11.8 Å². The highest BCUT2D eigenvalue weighted by Crippen LogP contribution is 2.27. The fourth-order valence-electron chi connectivity index (χ4n) is 2.81. The van der Waals surface area contributed by atoms with Crippen LogP contribution in [-0.4, -0.2) is 34.6 Å². The molecule has 30 heavy (non-hydrogen) atoms. The van der Waals surface area contributed by atoms with Crippen LogP contribution in [0.15, 0.2) is 53.5 Å². The topological polar surface area (TPSA) is 96.9 Å². The van der Waals surface area contributed by atoms with Crippen molar-refractivity contribution in [1.29, 1.82) is 0 Å². The number of hydrogen-bond donors (Lipinski definition) is 2. The van der Waals surface area contributed by atoms with Gasteiger partial charge >= 0.3 is 0 Å². The van der Waals surface area contributed by atoms with Gasteiger partial charge in [-0.1, -0.05) is 29.5 Å². The standard InChI is InChI=1S/C22H23N3O4S/c1-3-29-17-10-8-16(9-11-17)23-19(26)12-18-22(28)25-21(30-18)13-20(27)24-15-6-4-14(2)5-7-15/h4-11,18H,3,12-13H2,1-2H3,(H,23,26)(H,24,27)/t18-/m0/s1. The molecule has 0 saturated carbocycles. The fourth-order valence-corrected chi connectivity index (χ4v) is 3.88. The zero-order chi connectivity index (χ0) is 21.5. The Morgan fingerprint density at radius 2 is 1.60 bits per heavy atom. The number of rotatable bonds is 8. The third kappa shape index (κ3) is 6.18. The lowest BCUT2D eigenvalue weighted by Gasteiger charge is -2.09. The van der Waals surface area contributed by atoms with E-state index in [0.717, 1.165) is 11.3 Å². The second-order valence-electron chi connectivity index (χ2n) is 6.75. The van der Waals surface area contributed by atoms with Gasteiger partial charge in [-0.25, -0.2) is 4.99 Å². The van der Waals surface area contributed by atoms with E-state index < -0.39 is 5.25 Å². The predicted molar refractivity (Wildman–Crippen MR) is 119 cm³/mol. The van der Waals surface area contributed by atoms with Crippen LogP contribution in [0.25, 0.3) is 0 Å². The van der Waals surface area contributed by atoms with Gasteiger partial charge in [-0.15, -0.1) is 0 Å². The molecule has 0 spiro atoms. The number of carbonyl (C=O) groups excluding carboxylic acids is 3. The van der Waals surface area contributed by atoms with Crippen molar-refractivity contribution in [2.75, 3.05) is 17.2 Å². The van der Waals surface area contributed by atoms with Crippen molar-refractivity contribution in [2.45, 2.75) is 31.9 Å². The molecular formula is C22H23N3O4S. The highest BCUT2D eigenvalue weighted by atomic mass is 32.2. The molecule has 0 unspecified atom stereocenters. The van der Waals surface area contributed by atoms with E-state index in [1.807, 2.05) is 38.1 Å². The normalized spacial score (nSPS) is 15.5. The van der Waals surface area contributed by atoms with Crippen molar-refractivity contribution in [3.63, 3.8) is 0 Å². The number of amides is 3. The molecule has 1 aliphatic rings. The van der Waals surface area contributed by atoms with Crippen LogP contribution < -0.4 is 15.4 Å². The summed E-state index contributed by atoms with van der Waals surface area (Å²) in [6, 6.07) is 14.4. The van der Waals surface area contributed by atoms with Crippen molar-refractivity contribution in [1.82, 2.24) is 0 Å². The molecule has 2 aromatic rings. The third-order valence-electron chi connectivity index (χ3n) is 4.26. The van der Waals surface area contributed by atoms with Gasteiger partial charge in [0.15, 0.2) is 0 Å². The second-order valence-corrected chi connectivity index (χ2v) is 8.03. The van der Waals surface area contributed by atoms with Gasteiger partial charge in [-0.2, -0.15) is 0 Å². The number of benzene rings is 2. The Morgan fingerprint density at radius 3 is 2.23 bits per heavy atom. The highest BCUT2D eigenvalue weighted by molar-refractivity contribution is 8.15. The lowest BCUT2D eigenvalue weighted by molar-refractivity contribution is -0.121. The maximum Gasteiger partial charge on any atom is 0.260 e. The van der Waals surface area contributed by atoms with E-state index in [9.17, 15) is 14.4 Å². The first-order valence-electron chi connectivity index (χ1n) is 9.60. The van der Waals surface area contributed by atoms with Crippen molar-refractivity contribution in [2.24, 2.45) is 4.99 Å². The van der Waals surface area contributed by atoms with Gasteiger partial charge in [0.1, 0.15) is 11.0 Å². The van der Waals surface area contributed by atoms with E-state index in [2.05, 4.69) is 15.6 Å². The Kier molecular flexibility index (Phi) is 7.24. The summed E-state index contributed by atoms with van der Waals surface area (Å²) in [5.41, 5.74) is 2.41. The van der Waals surface area contributed by atoms with E-state index in [1.54, 1.807) is 24.3 Å². The van der Waals surface area contributed by atoms with Crippen molar-refractivity contribution < 1.29 is 19.1 Å². The number of carbonyl (C=O) groups is 3. The van der Waals surface area contributed by atoms with E-state index >= 15 is 0 Å². The number of aryl methyl sites for hydroxylation is 1. The molecule has 0 bridgehead atoms. The first-order valence-corrected chi connectivity index (χ1v) is 10.5. The summed E-state index contributed by atoms with van der Waals surface area (Å²) in [5, 5.41) is 5.34. The van der Waals surface area contributed by atoms with Crippen LogP contribution in [0, 0.1) is 6.92 Å². The Balaban J connectivity index is 1.47. The third-order valence-corrected chi connectivity index (χ3v) is 5.42. The Morgan fingerprint density at radius 1 is 1.00 bits per heavy atom. The van der Waals surface area contributed by atoms with Gasteiger partial charge in [0.2, 0.25) is 11.8 Å². The number of thioether (sulfide) groups is 1. The molecule has 8 heteroatoms. The van der Waals surface area contributed by atoms with Crippen LogP contribution in [0.1, 0.15) is 25.3 Å². The number of anilines is 2. The zero-order valence-corrected chi connectivity index (χ0v) is 17.6. The molecule has 1 aliphatic heterocycles. The minimum absolute atomic E-state index is 0.00128. The molecule has 2 N–H and O–H groups in total. The molecular weight excluding hydrogens is 402 g/mol. The molecule has 0 radical (unpaired) electrons. The molecule has 3 rings (SSSR count). The SMILES string of the molecule is CCOc1ccc(NC(=O)C[C@@H]2SC(CC(=O)Nc3ccc(C)cc3)=NC2=O)cc1. The monoisotopic (exact) mass is 425 g/mol. The number of nitrogens with one attached hydrogen (secondary N) is 2. The molecule has 2 aromatic carbocycles. The first kappa shape index (κ1) is 21.6. The maximum absolute atomic E-state index is 12.3. The van der Waals surface area contributed by atoms with Gasteiger partial charge in [0, 0.05) is 17.8 Å². The van der Waals surface area contributed by atoms with E-state index in [-0.39, 0.29) is 30.6 Å². The van der Waals surface area contributed by atoms with Gasteiger partial charge in [-0.3, -0.25) is 14.4 Å². The average Bonchev–Trinajstić information content (AvgIpc) is 3.04. The molecule has 1 heterocycles. The van der Waals surface area contributed by atoms with Crippen LogP contribution in [-0.2, 0) is 14.4 Å². The number of hydrogen-bond acceptors (Lipinski definition) is 5. The molecule has 3 amide bonds. The summed E-state index contributed by atoms with van der Waals surface area (Å²) in [6.07, 6.45) is -0.00934. The van der Waals surface area contributed by atoms with Crippen LogP contribution in [0.3, 0.4) is 0 Å².